The molecule has 0 aliphatic heterocycles. The van der Waals surface area contributed by atoms with Gasteiger partial charge in [-0.1, -0.05) is 17.8 Å². The van der Waals surface area contributed by atoms with E-state index in [9.17, 15) is 9.59 Å². The predicted octanol–water partition coefficient (Wildman–Crippen LogP) is 1.39. The minimum Gasteiger partial charge on any atom is -0.480 e. The van der Waals surface area contributed by atoms with E-state index >= 15 is 0 Å². The van der Waals surface area contributed by atoms with Crippen LogP contribution in [0.3, 0.4) is 0 Å². The van der Waals surface area contributed by atoms with Gasteiger partial charge in [-0.15, -0.1) is 6.58 Å². The van der Waals surface area contributed by atoms with Crippen molar-refractivity contribution in [3.05, 3.63) is 30.5 Å². The van der Waals surface area contributed by atoms with Crippen LogP contribution in [-0.4, -0.2) is 42.5 Å². The van der Waals surface area contributed by atoms with Crippen LogP contribution in [0.2, 0.25) is 0 Å². The number of rotatable bonds is 8. The Morgan fingerprint density at radius 2 is 2.37 bits per heavy atom. The number of hydrogen-bond acceptors (Lipinski definition) is 5. The number of thioether (sulfide) groups is 1. The van der Waals surface area contributed by atoms with Gasteiger partial charge in [0.1, 0.15) is 0 Å². The van der Waals surface area contributed by atoms with Gasteiger partial charge in [0.2, 0.25) is 0 Å². The molecule has 1 aromatic heterocycles. The van der Waals surface area contributed by atoms with E-state index in [1.807, 2.05) is 6.26 Å². The van der Waals surface area contributed by atoms with Gasteiger partial charge >= 0.3 is 5.97 Å². The van der Waals surface area contributed by atoms with Gasteiger partial charge in [0.15, 0.2) is 16.9 Å². The van der Waals surface area contributed by atoms with Gasteiger partial charge in [0.05, 0.1) is 13.2 Å². The van der Waals surface area contributed by atoms with Gasteiger partial charge in [0, 0.05) is 0 Å². The zero-order valence-corrected chi connectivity index (χ0v) is 11.2. The van der Waals surface area contributed by atoms with Crippen LogP contribution < -0.4 is 5.32 Å². The summed E-state index contributed by atoms with van der Waals surface area (Å²) >= 11 is 1.35. The number of carbonyl (C=O) groups is 2. The van der Waals surface area contributed by atoms with Crippen LogP contribution >= 0.6 is 11.8 Å². The highest BCUT2D eigenvalue weighted by Crippen LogP contribution is 2.17. The van der Waals surface area contributed by atoms with Crippen LogP contribution in [-0.2, 0) is 9.53 Å². The van der Waals surface area contributed by atoms with Gasteiger partial charge in [0.25, 0.3) is 5.91 Å². The number of amides is 1. The van der Waals surface area contributed by atoms with Crippen LogP contribution in [0, 0.1) is 0 Å². The Kier molecular flexibility index (Phi) is 6.17. The average Bonchev–Trinajstić information content (AvgIpc) is 2.86. The van der Waals surface area contributed by atoms with Crippen molar-refractivity contribution in [1.29, 1.82) is 0 Å². The molecule has 1 heterocycles. The van der Waals surface area contributed by atoms with Gasteiger partial charge in [-0.2, -0.15) is 0 Å². The van der Waals surface area contributed by atoms with E-state index in [2.05, 4.69) is 11.9 Å². The minimum atomic E-state index is -1.17. The van der Waals surface area contributed by atoms with Crippen molar-refractivity contribution < 1.29 is 23.8 Å². The van der Waals surface area contributed by atoms with Gasteiger partial charge in [-0.25, -0.2) is 4.79 Å². The van der Waals surface area contributed by atoms with Crippen molar-refractivity contribution in [3.63, 3.8) is 0 Å². The van der Waals surface area contributed by atoms with Crippen LogP contribution in [0.15, 0.2) is 34.3 Å². The van der Waals surface area contributed by atoms with E-state index < -0.39 is 17.9 Å². The van der Waals surface area contributed by atoms with E-state index in [4.69, 9.17) is 14.3 Å². The molecule has 2 N–H and O–H groups in total. The lowest BCUT2D eigenvalue weighted by Gasteiger charge is -2.13. The van der Waals surface area contributed by atoms with E-state index in [1.165, 1.54) is 23.9 Å². The van der Waals surface area contributed by atoms with Crippen molar-refractivity contribution in [2.75, 3.05) is 19.5 Å². The molecule has 0 aliphatic carbocycles. The summed E-state index contributed by atoms with van der Waals surface area (Å²) in [6.45, 7) is 3.53. The molecule has 0 aliphatic rings. The fourth-order valence-corrected chi connectivity index (χ4v) is 1.60. The normalized spacial score (nSPS) is 11.8. The lowest BCUT2D eigenvalue weighted by Crippen LogP contribution is -2.44. The molecule has 1 atom stereocenters. The fraction of sp³-hybridized carbons (Fsp3) is 0.333. The van der Waals surface area contributed by atoms with Crippen LogP contribution in [0.1, 0.15) is 10.6 Å². The summed E-state index contributed by atoms with van der Waals surface area (Å²) in [6, 6.07) is 2.00. The van der Waals surface area contributed by atoms with Crippen molar-refractivity contribution in [1.82, 2.24) is 5.32 Å². The fourth-order valence-electron chi connectivity index (χ4n) is 1.23. The van der Waals surface area contributed by atoms with Gasteiger partial charge < -0.3 is 19.6 Å². The number of nitrogens with one attached hydrogen (secondary N) is 1. The Morgan fingerprint density at radius 3 is 2.89 bits per heavy atom. The number of ether oxygens (including phenoxy) is 1. The van der Waals surface area contributed by atoms with Crippen LogP contribution in [0.5, 0.6) is 0 Å². The maximum Gasteiger partial charge on any atom is 0.328 e. The molecule has 1 rings (SSSR count). The van der Waals surface area contributed by atoms with E-state index in [-0.39, 0.29) is 19.0 Å². The zero-order valence-electron chi connectivity index (χ0n) is 10.4. The van der Waals surface area contributed by atoms with Crippen molar-refractivity contribution in [3.8, 4) is 0 Å². The third kappa shape index (κ3) is 4.80. The number of carboxylic acids is 1. The predicted molar refractivity (Wildman–Crippen MR) is 70.4 cm³/mol. The quantitative estimate of drug-likeness (QED) is 0.426. The lowest BCUT2D eigenvalue weighted by molar-refractivity contribution is -0.140. The Bertz CT molecular complexity index is 457. The number of hydrogen-bond donors (Lipinski definition) is 2. The summed E-state index contributed by atoms with van der Waals surface area (Å²) in [7, 11) is 0. The molecule has 0 radical (unpaired) electrons. The average molecular weight is 285 g/mol. The molecule has 6 nitrogen and oxygen atoms in total. The first kappa shape index (κ1) is 15.3. The van der Waals surface area contributed by atoms with E-state index in [1.54, 1.807) is 6.07 Å². The summed E-state index contributed by atoms with van der Waals surface area (Å²) in [4.78, 5) is 22.7. The van der Waals surface area contributed by atoms with Crippen molar-refractivity contribution >= 4 is 23.6 Å². The molecule has 1 aromatic rings. The molecule has 0 spiro atoms. The van der Waals surface area contributed by atoms with Crippen LogP contribution in [0.25, 0.3) is 0 Å². The largest absolute Gasteiger partial charge is 0.480 e. The van der Waals surface area contributed by atoms with Crippen LogP contribution in [0.4, 0.5) is 0 Å². The Balaban J connectivity index is 2.60. The molecule has 0 saturated heterocycles. The molecule has 0 fully saturated rings. The first-order valence-electron chi connectivity index (χ1n) is 5.44. The van der Waals surface area contributed by atoms with Gasteiger partial charge in [-0.05, 0) is 18.4 Å². The Morgan fingerprint density at radius 1 is 1.63 bits per heavy atom. The molecule has 0 saturated carbocycles. The smallest absolute Gasteiger partial charge is 0.328 e. The highest BCUT2D eigenvalue weighted by molar-refractivity contribution is 7.98. The number of carboxylic acid groups (broad SMARTS) is 1. The molecule has 0 aromatic carbocycles. The molecular formula is C12H15NO5S. The first-order chi connectivity index (χ1) is 9.08. The second-order valence-corrected chi connectivity index (χ2v) is 4.32. The summed E-state index contributed by atoms with van der Waals surface area (Å²) in [5.74, 6) is -1.69. The summed E-state index contributed by atoms with van der Waals surface area (Å²) in [5, 5.41) is 11.9. The first-order valence-corrected chi connectivity index (χ1v) is 6.67. The Labute approximate surface area is 114 Å². The second-order valence-electron chi connectivity index (χ2n) is 3.51. The maximum atomic E-state index is 11.8. The molecule has 7 heteroatoms. The lowest BCUT2D eigenvalue weighted by atomic mass is 10.3. The second kappa shape index (κ2) is 7.65. The van der Waals surface area contributed by atoms with E-state index in [0.29, 0.717) is 5.09 Å². The minimum absolute atomic E-state index is 0.0688. The van der Waals surface area contributed by atoms with E-state index in [0.717, 1.165) is 0 Å². The molecule has 104 valence electrons. The highest BCUT2D eigenvalue weighted by Gasteiger charge is 2.22. The summed E-state index contributed by atoms with van der Waals surface area (Å²) in [6.07, 6.45) is 3.31. The van der Waals surface area contributed by atoms with Crippen molar-refractivity contribution in [2.24, 2.45) is 0 Å². The molecular weight excluding hydrogens is 270 g/mol. The van der Waals surface area contributed by atoms with Gasteiger partial charge in [-0.3, -0.25) is 4.79 Å². The molecule has 19 heavy (non-hydrogen) atoms. The number of aliphatic carboxylic acids is 1. The SMILES string of the molecule is C=CCOCC(NC(=O)c1ccc(SC)o1)C(=O)O. The van der Waals surface area contributed by atoms with Crippen molar-refractivity contribution in [2.45, 2.75) is 11.1 Å². The molecule has 0 bridgehead atoms. The summed E-state index contributed by atoms with van der Waals surface area (Å²) in [5.41, 5.74) is 0. The molecule has 1 amide bonds. The number of carbonyl (C=O) groups excluding carboxylic acids is 1. The Hall–Kier alpha value is -1.73. The highest BCUT2D eigenvalue weighted by atomic mass is 32.2. The third-order valence-electron chi connectivity index (χ3n) is 2.13. The maximum absolute atomic E-state index is 11.8. The monoisotopic (exact) mass is 285 g/mol. The topological polar surface area (TPSA) is 88.8 Å². The number of furan rings is 1. The summed E-state index contributed by atoms with van der Waals surface area (Å²) < 4.78 is 10.2. The zero-order chi connectivity index (χ0) is 14.3. The standard InChI is InChI=1S/C12H15NO5S/c1-3-6-17-7-8(12(15)16)13-11(14)9-4-5-10(18-9)19-2/h3-5,8H,1,6-7H2,2H3,(H,13,14)(H,15,16). The molecule has 1 unspecified atom stereocenters. The third-order valence-corrected chi connectivity index (χ3v) is 2.75.